The average molecular weight is 268 g/mol. The fourth-order valence-electron chi connectivity index (χ4n) is 2.33. The second-order valence-corrected chi connectivity index (χ2v) is 5.35. The fourth-order valence-corrected chi connectivity index (χ4v) is 2.33. The van der Waals surface area contributed by atoms with Crippen molar-refractivity contribution in [2.24, 2.45) is 0 Å². The molecule has 0 aromatic rings. The summed E-state index contributed by atoms with van der Waals surface area (Å²) in [4.78, 5) is 13.6. The molecule has 1 N–H and O–H groups in total. The molecule has 4 heteroatoms. The van der Waals surface area contributed by atoms with Crippen LogP contribution in [-0.4, -0.2) is 49.2 Å². The van der Waals surface area contributed by atoms with E-state index >= 15 is 0 Å². The Bertz CT molecular complexity index is 284. The summed E-state index contributed by atoms with van der Waals surface area (Å²) in [6.07, 6.45) is 7.31. The standard InChI is InChI=1S/C15H28N2O2/c1-4-19-15(18)9-7-11-17(13(2)3)12-14-8-5-6-10-16-14/h7,9,13-14,16H,4-6,8,10-12H2,1-3H3/b9-7+. The minimum atomic E-state index is -0.248. The van der Waals surface area contributed by atoms with Gasteiger partial charge in [0.1, 0.15) is 0 Å². The number of nitrogens with one attached hydrogen (secondary N) is 1. The third-order valence-electron chi connectivity index (χ3n) is 3.48. The number of carbonyl (C=O) groups excluding carboxylic acids is 1. The Balaban J connectivity index is 2.37. The van der Waals surface area contributed by atoms with Crippen molar-refractivity contribution < 1.29 is 9.53 Å². The van der Waals surface area contributed by atoms with Gasteiger partial charge in [-0.25, -0.2) is 4.79 Å². The number of nitrogens with zero attached hydrogens (tertiary/aromatic N) is 1. The van der Waals surface area contributed by atoms with Gasteiger partial charge in [0.15, 0.2) is 0 Å². The monoisotopic (exact) mass is 268 g/mol. The van der Waals surface area contributed by atoms with Crippen molar-refractivity contribution >= 4 is 5.97 Å². The molecule has 1 atom stereocenters. The average Bonchev–Trinajstić information content (AvgIpc) is 2.39. The van der Waals surface area contributed by atoms with Crippen LogP contribution in [0.3, 0.4) is 0 Å². The molecule has 19 heavy (non-hydrogen) atoms. The van der Waals surface area contributed by atoms with Crippen LogP contribution in [0.2, 0.25) is 0 Å². The van der Waals surface area contributed by atoms with E-state index in [0.29, 0.717) is 18.7 Å². The minimum absolute atomic E-state index is 0.248. The molecule has 1 aliphatic heterocycles. The van der Waals surface area contributed by atoms with E-state index in [1.807, 2.05) is 13.0 Å². The van der Waals surface area contributed by atoms with Crippen LogP contribution in [0.1, 0.15) is 40.0 Å². The first-order valence-electron chi connectivity index (χ1n) is 7.44. The molecule has 1 rings (SSSR count). The number of rotatable bonds is 7. The molecule has 0 aromatic carbocycles. The van der Waals surface area contributed by atoms with Crippen LogP contribution >= 0.6 is 0 Å². The van der Waals surface area contributed by atoms with Gasteiger partial charge in [-0.2, -0.15) is 0 Å². The van der Waals surface area contributed by atoms with E-state index in [2.05, 4.69) is 24.1 Å². The van der Waals surface area contributed by atoms with Crippen LogP contribution in [0.4, 0.5) is 0 Å². The molecule has 110 valence electrons. The Morgan fingerprint density at radius 3 is 2.84 bits per heavy atom. The third kappa shape index (κ3) is 6.73. The first kappa shape index (κ1) is 16.2. The van der Waals surface area contributed by atoms with Crippen LogP contribution in [0.15, 0.2) is 12.2 Å². The first-order chi connectivity index (χ1) is 9.13. The third-order valence-corrected chi connectivity index (χ3v) is 3.48. The van der Waals surface area contributed by atoms with Gasteiger partial charge in [-0.15, -0.1) is 0 Å². The number of hydrogen-bond acceptors (Lipinski definition) is 4. The van der Waals surface area contributed by atoms with Gasteiger partial charge < -0.3 is 10.1 Å². The lowest BCUT2D eigenvalue weighted by Gasteiger charge is -2.32. The SMILES string of the molecule is CCOC(=O)/C=C/CN(CC1CCCCN1)C(C)C. The summed E-state index contributed by atoms with van der Waals surface area (Å²) in [5.41, 5.74) is 0. The number of piperidine rings is 1. The van der Waals surface area contributed by atoms with Gasteiger partial charge in [-0.1, -0.05) is 12.5 Å². The molecule has 1 heterocycles. The Morgan fingerprint density at radius 2 is 2.26 bits per heavy atom. The number of esters is 1. The molecule has 0 spiro atoms. The van der Waals surface area contributed by atoms with Crippen LogP contribution in [-0.2, 0) is 9.53 Å². The maximum Gasteiger partial charge on any atom is 0.330 e. The van der Waals surface area contributed by atoms with Crippen LogP contribution in [0.25, 0.3) is 0 Å². The maximum absolute atomic E-state index is 11.2. The van der Waals surface area contributed by atoms with Crippen molar-refractivity contribution in [3.8, 4) is 0 Å². The molecular formula is C15H28N2O2. The normalized spacial score (nSPS) is 20.4. The van der Waals surface area contributed by atoms with Crippen LogP contribution < -0.4 is 5.32 Å². The second-order valence-electron chi connectivity index (χ2n) is 5.35. The summed E-state index contributed by atoms with van der Waals surface area (Å²) in [5.74, 6) is -0.248. The Hall–Kier alpha value is -0.870. The summed E-state index contributed by atoms with van der Waals surface area (Å²) in [5, 5.41) is 3.57. The van der Waals surface area contributed by atoms with Gasteiger partial charge in [-0.05, 0) is 40.2 Å². The number of ether oxygens (including phenoxy) is 1. The Labute approximate surface area is 117 Å². The van der Waals surface area contributed by atoms with E-state index in [-0.39, 0.29) is 5.97 Å². The number of hydrogen-bond donors (Lipinski definition) is 1. The zero-order chi connectivity index (χ0) is 14.1. The van der Waals surface area contributed by atoms with Crippen molar-refractivity contribution in [1.29, 1.82) is 0 Å². The quantitative estimate of drug-likeness (QED) is 0.566. The van der Waals surface area contributed by atoms with Crippen molar-refractivity contribution in [2.45, 2.75) is 52.1 Å². The van der Waals surface area contributed by atoms with Crippen molar-refractivity contribution in [2.75, 3.05) is 26.2 Å². The topological polar surface area (TPSA) is 41.6 Å². The Kier molecular flexibility index (Phi) is 7.75. The highest BCUT2D eigenvalue weighted by Crippen LogP contribution is 2.10. The Morgan fingerprint density at radius 1 is 1.47 bits per heavy atom. The summed E-state index contributed by atoms with van der Waals surface area (Å²) in [6.45, 7) is 9.63. The van der Waals surface area contributed by atoms with Gasteiger partial charge in [0.05, 0.1) is 6.61 Å². The molecule has 0 saturated carbocycles. The highest BCUT2D eigenvalue weighted by Gasteiger charge is 2.17. The van der Waals surface area contributed by atoms with E-state index in [4.69, 9.17) is 4.74 Å². The van der Waals surface area contributed by atoms with Crippen molar-refractivity contribution in [3.63, 3.8) is 0 Å². The molecule has 0 radical (unpaired) electrons. The predicted molar refractivity (Wildman–Crippen MR) is 78.1 cm³/mol. The van der Waals surface area contributed by atoms with E-state index in [9.17, 15) is 4.79 Å². The van der Waals surface area contributed by atoms with E-state index in [0.717, 1.165) is 19.6 Å². The molecule has 0 amide bonds. The van der Waals surface area contributed by atoms with E-state index in [1.54, 1.807) is 0 Å². The van der Waals surface area contributed by atoms with Gasteiger partial charge in [0.25, 0.3) is 0 Å². The smallest absolute Gasteiger partial charge is 0.330 e. The minimum Gasteiger partial charge on any atom is -0.463 e. The summed E-state index contributed by atoms with van der Waals surface area (Å²) < 4.78 is 4.88. The fraction of sp³-hybridized carbons (Fsp3) is 0.800. The molecule has 0 aromatic heterocycles. The largest absolute Gasteiger partial charge is 0.463 e. The lowest BCUT2D eigenvalue weighted by molar-refractivity contribution is -0.137. The molecule has 0 aliphatic carbocycles. The van der Waals surface area contributed by atoms with Gasteiger partial charge in [0, 0.05) is 31.2 Å². The van der Waals surface area contributed by atoms with Gasteiger partial charge >= 0.3 is 5.97 Å². The maximum atomic E-state index is 11.2. The summed E-state index contributed by atoms with van der Waals surface area (Å²) >= 11 is 0. The predicted octanol–water partition coefficient (Wildman–Crippen LogP) is 1.96. The zero-order valence-corrected chi connectivity index (χ0v) is 12.5. The van der Waals surface area contributed by atoms with Gasteiger partial charge in [-0.3, -0.25) is 4.90 Å². The molecule has 1 aliphatic rings. The van der Waals surface area contributed by atoms with Crippen LogP contribution in [0.5, 0.6) is 0 Å². The van der Waals surface area contributed by atoms with E-state index < -0.39 is 0 Å². The highest BCUT2D eigenvalue weighted by atomic mass is 16.5. The summed E-state index contributed by atoms with van der Waals surface area (Å²) in [7, 11) is 0. The highest BCUT2D eigenvalue weighted by molar-refractivity contribution is 5.81. The molecule has 0 bridgehead atoms. The zero-order valence-electron chi connectivity index (χ0n) is 12.5. The second kappa shape index (κ2) is 9.10. The molecule has 4 nitrogen and oxygen atoms in total. The van der Waals surface area contributed by atoms with Crippen molar-refractivity contribution in [1.82, 2.24) is 10.2 Å². The number of carbonyl (C=O) groups is 1. The molecule has 1 fully saturated rings. The molecular weight excluding hydrogens is 240 g/mol. The lowest BCUT2D eigenvalue weighted by Crippen LogP contribution is -2.45. The van der Waals surface area contributed by atoms with E-state index in [1.165, 1.54) is 25.3 Å². The van der Waals surface area contributed by atoms with Crippen LogP contribution in [0, 0.1) is 0 Å². The van der Waals surface area contributed by atoms with Crippen molar-refractivity contribution in [3.05, 3.63) is 12.2 Å². The molecule has 1 unspecified atom stereocenters. The first-order valence-corrected chi connectivity index (χ1v) is 7.44. The summed E-state index contributed by atoms with van der Waals surface area (Å²) in [6, 6.07) is 1.07. The molecule has 1 saturated heterocycles. The lowest BCUT2D eigenvalue weighted by atomic mass is 10.0. The van der Waals surface area contributed by atoms with Gasteiger partial charge in [0.2, 0.25) is 0 Å².